The van der Waals surface area contributed by atoms with Crippen molar-refractivity contribution in [3.8, 4) is 5.75 Å². The van der Waals surface area contributed by atoms with Crippen LogP contribution in [0.15, 0.2) is 48.5 Å². The van der Waals surface area contributed by atoms with Gasteiger partial charge in [0.25, 0.3) is 0 Å². The quantitative estimate of drug-likeness (QED) is 0.768. The van der Waals surface area contributed by atoms with E-state index in [4.69, 9.17) is 0 Å². The van der Waals surface area contributed by atoms with Crippen LogP contribution in [0.2, 0.25) is 0 Å². The predicted molar refractivity (Wildman–Crippen MR) is 92.3 cm³/mol. The molecule has 1 atom stereocenters. The fourth-order valence-corrected chi connectivity index (χ4v) is 2.62. The number of nitrogens with one attached hydrogen (secondary N) is 1. The molecule has 2 aromatic rings. The van der Waals surface area contributed by atoms with Gasteiger partial charge < -0.3 is 10.4 Å². The number of carbonyl (C=O) groups excluding carboxylic acids is 1. The van der Waals surface area contributed by atoms with Crippen LogP contribution in [0.4, 0.5) is 4.39 Å². The summed E-state index contributed by atoms with van der Waals surface area (Å²) in [5.74, 6) is -0.244. The zero-order chi connectivity index (χ0) is 17.5. The van der Waals surface area contributed by atoms with Crippen molar-refractivity contribution < 1.29 is 14.3 Å². The first-order valence-corrected chi connectivity index (χ1v) is 7.95. The maximum absolute atomic E-state index is 13.4. The Bertz CT molecular complexity index is 671. The van der Waals surface area contributed by atoms with Crippen LogP contribution in [0.5, 0.6) is 5.75 Å². The van der Waals surface area contributed by atoms with Gasteiger partial charge in [-0.3, -0.25) is 9.69 Å². The van der Waals surface area contributed by atoms with Crippen molar-refractivity contribution in [3.05, 3.63) is 65.5 Å². The Balaban J connectivity index is 1.88. The monoisotopic (exact) mass is 330 g/mol. The Kier molecular flexibility index (Phi) is 6.32. The van der Waals surface area contributed by atoms with Crippen molar-refractivity contribution in [2.75, 3.05) is 20.6 Å². The van der Waals surface area contributed by atoms with Gasteiger partial charge in [-0.15, -0.1) is 0 Å². The van der Waals surface area contributed by atoms with Crippen LogP contribution in [0.1, 0.15) is 23.6 Å². The number of rotatable bonds is 7. The van der Waals surface area contributed by atoms with Crippen LogP contribution in [0.25, 0.3) is 0 Å². The second kappa shape index (κ2) is 8.45. The number of benzene rings is 2. The van der Waals surface area contributed by atoms with Gasteiger partial charge in [0, 0.05) is 6.54 Å². The van der Waals surface area contributed by atoms with E-state index in [1.165, 1.54) is 12.1 Å². The van der Waals surface area contributed by atoms with Gasteiger partial charge in [-0.1, -0.05) is 24.3 Å². The molecule has 0 aliphatic carbocycles. The first-order chi connectivity index (χ1) is 11.5. The molecule has 0 spiro atoms. The Hall–Kier alpha value is -2.40. The first-order valence-electron chi connectivity index (χ1n) is 7.95. The van der Waals surface area contributed by atoms with Crippen molar-refractivity contribution >= 4 is 5.91 Å². The molecule has 0 aliphatic rings. The molecule has 2 N–H and O–H groups in total. The number of carbonyl (C=O) groups is 1. The Morgan fingerprint density at radius 1 is 1.21 bits per heavy atom. The number of hydrogen-bond donors (Lipinski definition) is 2. The highest BCUT2D eigenvalue weighted by Gasteiger charge is 2.22. The molecule has 1 unspecified atom stereocenters. The fourth-order valence-electron chi connectivity index (χ4n) is 2.62. The smallest absolute Gasteiger partial charge is 0.241 e. The average Bonchev–Trinajstić information content (AvgIpc) is 2.53. The van der Waals surface area contributed by atoms with E-state index < -0.39 is 6.04 Å². The van der Waals surface area contributed by atoms with Crippen LogP contribution < -0.4 is 5.32 Å². The molecule has 0 bridgehead atoms. The molecule has 0 saturated carbocycles. The summed E-state index contributed by atoms with van der Waals surface area (Å²) in [6.45, 7) is 0.541. The largest absolute Gasteiger partial charge is 0.508 e. The highest BCUT2D eigenvalue weighted by Crippen LogP contribution is 2.19. The minimum absolute atomic E-state index is 0.142. The second-order valence-electron chi connectivity index (χ2n) is 5.98. The minimum atomic E-state index is -0.519. The number of halogens is 1. The summed E-state index contributed by atoms with van der Waals surface area (Å²) >= 11 is 0. The van der Waals surface area contributed by atoms with Gasteiger partial charge in [-0.25, -0.2) is 4.39 Å². The SMILES string of the molecule is CN(C)C(C(=O)NCCCc1ccc(O)cc1)c1cccc(F)c1. The van der Waals surface area contributed by atoms with E-state index in [-0.39, 0.29) is 17.5 Å². The van der Waals surface area contributed by atoms with Crippen molar-refractivity contribution in [1.29, 1.82) is 0 Å². The summed E-state index contributed by atoms with van der Waals surface area (Å²) in [4.78, 5) is 14.2. The van der Waals surface area contributed by atoms with E-state index >= 15 is 0 Å². The lowest BCUT2D eigenvalue weighted by Gasteiger charge is -2.24. The third-order valence-electron chi connectivity index (χ3n) is 3.81. The number of hydrogen-bond acceptors (Lipinski definition) is 3. The number of phenolic OH excluding ortho intramolecular Hbond substituents is 1. The molecule has 0 aliphatic heterocycles. The minimum Gasteiger partial charge on any atom is -0.508 e. The normalized spacial score (nSPS) is 12.2. The van der Waals surface area contributed by atoms with Gasteiger partial charge in [0.05, 0.1) is 0 Å². The van der Waals surface area contributed by atoms with Crippen LogP contribution in [-0.2, 0) is 11.2 Å². The molecule has 0 aromatic heterocycles. The Morgan fingerprint density at radius 3 is 2.54 bits per heavy atom. The molecule has 0 fully saturated rings. The van der Waals surface area contributed by atoms with E-state index in [1.807, 2.05) is 12.1 Å². The van der Waals surface area contributed by atoms with Gasteiger partial charge >= 0.3 is 0 Å². The van der Waals surface area contributed by atoms with Crippen molar-refractivity contribution in [3.63, 3.8) is 0 Å². The van der Waals surface area contributed by atoms with Crippen molar-refractivity contribution in [2.24, 2.45) is 0 Å². The zero-order valence-electron chi connectivity index (χ0n) is 14.0. The maximum atomic E-state index is 13.4. The van der Waals surface area contributed by atoms with Crippen LogP contribution >= 0.6 is 0 Å². The van der Waals surface area contributed by atoms with E-state index in [1.54, 1.807) is 43.3 Å². The molecule has 128 valence electrons. The molecule has 0 saturated heterocycles. The van der Waals surface area contributed by atoms with Gasteiger partial charge in [0.2, 0.25) is 5.91 Å². The number of likely N-dealkylation sites (N-methyl/N-ethyl adjacent to an activating group) is 1. The number of aryl methyl sites for hydroxylation is 1. The van der Waals surface area contributed by atoms with E-state index in [0.29, 0.717) is 12.1 Å². The lowest BCUT2D eigenvalue weighted by atomic mass is 10.0. The molecule has 24 heavy (non-hydrogen) atoms. The second-order valence-corrected chi connectivity index (χ2v) is 5.98. The highest BCUT2D eigenvalue weighted by molar-refractivity contribution is 5.83. The molecule has 0 heterocycles. The lowest BCUT2D eigenvalue weighted by molar-refractivity contribution is -0.125. The van der Waals surface area contributed by atoms with Gasteiger partial charge in [-0.05, 0) is 62.3 Å². The number of amides is 1. The molecule has 1 amide bonds. The summed E-state index contributed by atoms with van der Waals surface area (Å²) in [5.41, 5.74) is 1.74. The van der Waals surface area contributed by atoms with E-state index in [9.17, 15) is 14.3 Å². The lowest BCUT2D eigenvalue weighted by Crippen LogP contribution is -2.37. The van der Waals surface area contributed by atoms with E-state index in [2.05, 4.69) is 5.32 Å². The molecule has 5 heteroatoms. The van der Waals surface area contributed by atoms with Crippen LogP contribution in [0.3, 0.4) is 0 Å². The summed E-state index contributed by atoms with van der Waals surface area (Å²) in [5, 5.41) is 12.2. The third kappa shape index (κ3) is 5.06. The number of phenols is 1. The van der Waals surface area contributed by atoms with Gasteiger partial charge in [-0.2, -0.15) is 0 Å². The zero-order valence-corrected chi connectivity index (χ0v) is 14.0. The molecular weight excluding hydrogens is 307 g/mol. The third-order valence-corrected chi connectivity index (χ3v) is 3.81. The van der Waals surface area contributed by atoms with E-state index in [0.717, 1.165) is 18.4 Å². The Labute approximate surface area is 141 Å². The van der Waals surface area contributed by atoms with Crippen molar-refractivity contribution in [2.45, 2.75) is 18.9 Å². The molecule has 2 rings (SSSR count). The molecular formula is C19H23FN2O2. The first kappa shape index (κ1) is 17.9. The van der Waals surface area contributed by atoms with Gasteiger partial charge in [0.15, 0.2) is 0 Å². The van der Waals surface area contributed by atoms with Gasteiger partial charge in [0.1, 0.15) is 17.6 Å². The number of aromatic hydroxyl groups is 1. The summed E-state index contributed by atoms with van der Waals surface area (Å²) in [7, 11) is 3.59. The standard InChI is InChI=1S/C19H23FN2O2/c1-22(2)18(15-6-3-7-16(20)13-15)19(24)21-12-4-5-14-8-10-17(23)11-9-14/h3,6-11,13,18,23H,4-5,12H2,1-2H3,(H,21,24). The molecule has 4 nitrogen and oxygen atoms in total. The summed E-state index contributed by atoms with van der Waals surface area (Å²) < 4.78 is 13.4. The molecule has 0 radical (unpaired) electrons. The topological polar surface area (TPSA) is 52.6 Å². The van der Waals surface area contributed by atoms with Crippen molar-refractivity contribution in [1.82, 2.24) is 10.2 Å². The summed E-state index contributed by atoms with van der Waals surface area (Å²) in [6.07, 6.45) is 1.60. The highest BCUT2D eigenvalue weighted by atomic mass is 19.1. The summed E-state index contributed by atoms with van der Waals surface area (Å²) in [6, 6.07) is 12.6. The fraction of sp³-hybridized carbons (Fsp3) is 0.316. The predicted octanol–water partition coefficient (Wildman–Crippen LogP) is 2.88. The van der Waals surface area contributed by atoms with Crippen LogP contribution in [-0.4, -0.2) is 36.6 Å². The number of nitrogens with zero attached hydrogens (tertiary/aromatic N) is 1. The van der Waals surface area contributed by atoms with Crippen LogP contribution in [0, 0.1) is 5.82 Å². The average molecular weight is 330 g/mol. The molecule has 2 aromatic carbocycles. The Morgan fingerprint density at radius 2 is 1.92 bits per heavy atom. The maximum Gasteiger partial charge on any atom is 0.241 e.